The Hall–Kier alpha value is -1.84. The molecule has 1 heterocycles. The zero-order valence-corrected chi connectivity index (χ0v) is 10.1. The highest BCUT2D eigenvalue weighted by Gasteiger charge is 2.19. The number of rotatable bonds is 4. The molecule has 0 amide bonds. The summed E-state index contributed by atoms with van der Waals surface area (Å²) in [6.07, 6.45) is 1.75. The van der Waals surface area contributed by atoms with Crippen molar-refractivity contribution in [3.8, 4) is 0 Å². The highest BCUT2D eigenvalue weighted by molar-refractivity contribution is 5.80. The van der Waals surface area contributed by atoms with Gasteiger partial charge in [0.05, 0.1) is 11.0 Å². The molecule has 0 radical (unpaired) electrons. The normalized spacial score (nSPS) is 12.8. The fourth-order valence-corrected chi connectivity index (χ4v) is 2.04. The van der Waals surface area contributed by atoms with Gasteiger partial charge in [-0.25, -0.2) is 9.78 Å². The molecule has 2 aromatic rings. The molecule has 0 aliphatic heterocycles. The quantitative estimate of drug-likeness (QED) is 0.881. The number of nitrogens with zero attached hydrogens (tertiary/aromatic N) is 2. The largest absolute Gasteiger partial charge is 0.480 e. The van der Waals surface area contributed by atoms with E-state index in [4.69, 9.17) is 5.11 Å². The fourth-order valence-electron chi connectivity index (χ4n) is 2.04. The maximum atomic E-state index is 11.1. The minimum Gasteiger partial charge on any atom is -0.480 e. The first-order valence-electron chi connectivity index (χ1n) is 5.83. The van der Waals surface area contributed by atoms with Crippen molar-refractivity contribution in [1.82, 2.24) is 9.55 Å². The van der Waals surface area contributed by atoms with Crippen molar-refractivity contribution in [2.24, 2.45) is 0 Å². The number of benzene rings is 1. The predicted molar refractivity (Wildman–Crippen MR) is 66.1 cm³/mol. The lowest BCUT2D eigenvalue weighted by atomic mass is 10.2. The molecule has 0 saturated carbocycles. The summed E-state index contributed by atoms with van der Waals surface area (Å²) in [5.41, 5.74) is 1.76. The van der Waals surface area contributed by atoms with E-state index < -0.39 is 12.0 Å². The molecule has 2 rings (SSSR count). The van der Waals surface area contributed by atoms with Crippen LogP contribution in [0.15, 0.2) is 24.3 Å². The Balaban J connectivity index is 2.63. The first-order valence-corrected chi connectivity index (χ1v) is 5.83. The summed E-state index contributed by atoms with van der Waals surface area (Å²) >= 11 is 0. The van der Waals surface area contributed by atoms with Crippen molar-refractivity contribution < 1.29 is 9.90 Å². The number of carbonyl (C=O) groups is 1. The molecule has 1 aromatic heterocycles. The van der Waals surface area contributed by atoms with Gasteiger partial charge in [0.2, 0.25) is 0 Å². The summed E-state index contributed by atoms with van der Waals surface area (Å²) in [7, 11) is 0. The van der Waals surface area contributed by atoms with E-state index in [1.807, 2.05) is 28.8 Å². The lowest BCUT2D eigenvalue weighted by Crippen LogP contribution is -2.17. The van der Waals surface area contributed by atoms with Gasteiger partial charge in [0, 0.05) is 6.42 Å². The zero-order valence-electron chi connectivity index (χ0n) is 10.1. The van der Waals surface area contributed by atoms with E-state index in [-0.39, 0.29) is 0 Å². The van der Waals surface area contributed by atoms with Crippen molar-refractivity contribution >= 4 is 17.0 Å². The summed E-state index contributed by atoms with van der Waals surface area (Å²) in [6, 6.07) is 7.08. The molecule has 1 N–H and O–H groups in total. The van der Waals surface area contributed by atoms with Gasteiger partial charge in [-0.1, -0.05) is 19.1 Å². The molecule has 0 spiro atoms. The number of hydrogen-bond donors (Lipinski definition) is 1. The Kier molecular flexibility index (Phi) is 3.13. The summed E-state index contributed by atoms with van der Waals surface area (Å²) in [6.45, 7) is 3.75. The minimum atomic E-state index is -0.828. The van der Waals surface area contributed by atoms with Crippen LogP contribution in [-0.4, -0.2) is 20.6 Å². The van der Waals surface area contributed by atoms with E-state index in [1.54, 1.807) is 6.92 Å². The molecule has 1 atom stereocenters. The summed E-state index contributed by atoms with van der Waals surface area (Å²) in [5.74, 6) is 0.0223. The number of hydrogen-bond acceptors (Lipinski definition) is 2. The second-order valence-corrected chi connectivity index (χ2v) is 4.15. The second-order valence-electron chi connectivity index (χ2n) is 4.15. The Morgan fingerprint density at radius 1 is 1.47 bits per heavy atom. The highest BCUT2D eigenvalue weighted by atomic mass is 16.4. The summed E-state index contributed by atoms with van der Waals surface area (Å²) in [5, 5.41) is 9.16. The summed E-state index contributed by atoms with van der Waals surface area (Å²) in [4.78, 5) is 15.7. The van der Waals surface area contributed by atoms with Crippen LogP contribution in [0, 0.1) is 0 Å². The third-order valence-corrected chi connectivity index (χ3v) is 2.89. The van der Waals surface area contributed by atoms with Crippen LogP contribution in [-0.2, 0) is 11.2 Å². The number of carboxylic acids is 1. The SMILES string of the molecule is CCCc1nc2ccccc2n1[C@@H](C)C(=O)O. The molecule has 0 aliphatic rings. The van der Waals surface area contributed by atoms with E-state index in [2.05, 4.69) is 11.9 Å². The number of aliphatic carboxylic acids is 1. The molecule has 0 fully saturated rings. The zero-order chi connectivity index (χ0) is 12.4. The smallest absolute Gasteiger partial charge is 0.326 e. The molecular formula is C13H16N2O2. The fraction of sp³-hybridized carbons (Fsp3) is 0.385. The number of aromatic nitrogens is 2. The minimum absolute atomic E-state index is 0.580. The predicted octanol–water partition coefficient (Wildman–Crippen LogP) is 2.63. The second kappa shape index (κ2) is 4.57. The van der Waals surface area contributed by atoms with Crippen LogP contribution < -0.4 is 0 Å². The van der Waals surface area contributed by atoms with Gasteiger partial charge < -0.3 is 9.67 Å². The molecular weight excluding hydrogens is 216 g/mol. The van der Waals surface area contributed by atoms with Crippen LogP contribution in [0.5, 0.6) is 0 Å². The topological polar surface area (TPSA) is 55.1 Å². The van der Waals surface area contributed by atoms with E-state index >= 15 is 0 Å². The van der Waals surface area contributed by atoms with Gasteiger partial charge in [-0.2, -0.15) is 0 Å². The number of carboxylic acid groups (broad SMARTS) is 1. The van der Waals surface area contributed by atoms with Crippen molar-refractivity contribution in [2.75, 3.05) is 0 Å². The number of para-hydroxylation sites is 2. The van der Waals surface area contributed by atoms with Crippen LogP contribution in [0.3, 0.4) is 0 Å². The lowest BCUT2D eigenvalue weighted by molar-refractivity contribution is -0.140. The molecule has 0 saturated heterocycles. The van der Waals surface area contributed by atoms with Crippen molar-refractivity contribution in [1.29, 1.82) is 0 Å². The van der Waals surface area contributed by atoms with Gasteiger partial charge in [0.15, 0.2) is 0 Å². The van der Waals surface area contributed by atoms with E-state index in [1.165, 1.54) is 0 Å². The van der Waals surface area contributed by atoms with Crippen molar-refractivity contribution in [3.05, 3.63) is 30.1 Å². The van der Waals surface area contributed by atoms with E-state index in [9.17, 15) is 4.79 Å². The van der Waals surface area contributed by atoms with Gasteiger partial charge in [-0.3, -0.25) is 0 Å². The van der Waals surface area contributed by atoms with Crippen LogP contribution in [0.4, 0.5) is 0 Å². The van der Waals surface area contributed by atoms with E-state index in [0.717, 1.165) is 29.7 Å². The molecule has 1 aromatic carbocycles. The lowest BCUT2D eigenvalue weighted by Gasteiger charge is -2.13. The van der Waals surface area contributed by atoms with Gasteiger partial charge in [-0.05, 0) is 25.5 Å². The number of imidazole rings is 1. The molecule has 17 heavy (non-hydrogen) atoms. The van der Waals surface area contributed by atoms with Crippen molar-refractivity contribution in [3.63, 3.8) is 0 Å². The van der Waals surface area contributed by atoms with Gasteiger partial charge in [-0.15, -0.1) is 0 Å². The average molecular weight is 232 g/mol. The van der Waals surface area contributed by atoms with Crippen LogP contribution in [0.1, 0.15) is 32.1 Å². The Morgan fingerprint density at radius 3 is 2.82 bits per heavy atom. The average Bonchev–Trinajstić information content (AvgIpc) is 2.66. The summed E-state index contributed by atoms with van der Waals surface area (Å²) < 4.78 is 1.82. The number of fused-ring (bicyclic) bond motifs is 1. The molecule has 90 valence electrons. The molecule has 4 heteroatoms. The molecule has 0 bridgehead atoms. The van der Waals surface area contributed by atoms with E-state index in [0.29, 0.717) is 0 Å². The van der Waals surface area contributed by atoms with Gasteiger partial charge in [0.25, 0.3) is 0 Å². The van der Waals surface area contributed by atoms with Crippen molar-refractivity contribution in [2.45, 2.75) is 32.7 Å². The maximum absolute atomic E-state index is 11.1. The molecule has 4 nitrogen and oxygen atoms in total. The van der Waals surface area contributed by atoms with Gasteiger partial charge >= 0.3 is 5.97 Å². The van der Waals surface area contributed by atoms with Gasteiger partial charge in [0.1, 0.15) is 11.9 Å². The Labute approximate surface area is 99.9 Å². The van der Waals surface area contributed by atoms with Crippen LogP contribution >= 0.6 is 0 Å². The first-order chi connectivity index (χ1) is 8.15. The third-order valence-electron chi connectivity index (χ3n) is 2.89. The Bertz CT molecular complexity index is 545. The van der Waals surface area contributed by atoms with Crippen LogP contribution in [0.2, 0.25) is 0 Å². The Morgan fingerprint density at radius 2 is 2.18 bits per heavy atom. The first kappa shape index (κ1) is 11.6. The molecule has 0 aliphatic carbocycles. The van der Waals surface area contributed by atoms with Crippen LogP contribution in [0.25, 0.3) is 11.0 Å². The molecule has 0 unspecified atom stereocenters. The number of aryl methyl sites for hydroxylation is 1. The monoisotopic (exact) mass is 232 g/mol. The highest BCUT2D eigenvalue weighted by Crippen LogP contribution is 2.22. The maximum Gasteiger partial charge on any atom is 0.326 e. The third kappa shape index (κ3) is 2.02. The standard InChI is InChI=1S/C13H16N2O2/c1-3-6-12-14-10-7-4-5-8-11(10)15(12)9(2)13(16)17/h4-5,7-9H,3,6H2,1-2H3,(H,16,17)/t9-/m0/s1.